The molecule has 0 radical (unpaired) electrons. The molecule has 0 N–H and O–H groups in total. The maximum absolute atomic E-state index is 6.36. The molecule has 0 aromatic heterocycles. The number of hydrogen-bond donors (Lipinski definition) is 0. The van der Waals surface area contributed by atoms with Crippen LogP contribution in [0.2, 0.25) is 0 Å². The Bertz CT molecular complexity index is 394. The summed E-state index contributed by atoms with van der Waals surface area (Å²) in [6.07, 6.45) is 12.5. The van der Waals surface area contributed by atoms with E-state index < -0.39 is 0 Å². The van der Waals surface area contributed by atoms with E-state index in [-0.39, 0.29) is 28.3 Å². The van der Waals surface area contributed by atoms with Gasteiger partial charge in [-0.1, -0.05) is 45.4 Å². The van der Waals surface area contributed by atoms with Crippen LogP contribution in [0, 0.1) is 5.92 Å². The van der Waals surface area contributed by atoms with Crippen molar-refractivity contribution in [3.05, 3.63) is 0 Å². The van der Waals surface area contributed by atoms with Gasteiger partial charge in [0.1, 0.15) is 11.2 Å². The van der Waals surface area contributed by atoms with E-state index in [4.69, 9.17) is 19.6 Å². The van der Waals surface area contributed by atoms with E-state index in [1.807, 2.05) is 0 Å². The SMILES string of the molecule is CCC(C1(OOC(C)(C)C)CCCCC1)C1(OOC(C)(C)C)CCCCC1. The number of rotatable bonds is 7. The summed E-state index contributed by atoms with van der Waals surface area (Å²) < 4.78 is 0. The third kappa shape index (κ3) is 6.42. The van der Waals surface area contributed by atoms with Gasteiger partial charge in [0.15, 0.2) is 0 Å². The monoisotopic (exact) mass is 384 g/mol. The van der Waals surface area contributed by atoms with Crippen LogP contribution in [-0.4, -0.2) is 22.4 Å². The van der Waals surface area contributed by atoms with E-state index in [1.165, 1.54) is 38.5 Å². The Hall–Kier alpha value is -0.160. The maximum atomic E-state index is 6.36. The summed E-state index contributed by atoms with van der Waals surface area (Å²) in [5.41, 5.74) is -1.19. The summed E-state index contributed by atoms with van der Waals surface area (Å²) in [6, 6.07) is 0. The third-order valence-electron chi connectivity index (χ3n) is 5.99. The fourth-order valence-corrected chi connectivity index (χ4v) is 4.92. The van der Waals surface area contributed by atoms with E-state index in [0.717, 1.165) is 32.1 Å². The Kier molecular flexibility index (Phi) is 7.80. The van der Waals surface area contributed by atoms with E-state index in [1.54, 1.807) is 0 Å². The molecule has 2 fully saturated rings. The van der Waals surface area contributed by atoms with Gasteiger partial charge >= 0.3 is 0 Å². The van der Waals surface area contributed by atoms with Crippen molar-refractivity contribution in [2.75, 3.05) is 0 Å². The maximum Gasteiger partial charge on any atom is 0.109 e. The van der Waals surface area contributed by atoms with Crippen LogP contribution in [0.4, 0.5) is 0 Å². The molecule has 0 spiro atoms. The van der Waals surface area contributed by atoms with Crippen LogP contribution in [0.5, 0.6) is 0 Å². The molecule has 2 aliphatic rings. The fourth-order valence-electron chi connectivity index (χ4n) is 4.92. The zero-order valence-electron chi connectivity index (χ0n) is 19.0. The van der Waals surface area contributed by atoms with Crippen molar-refractivity contribution in [1.82, 2.24) is 0 Å². The van der Waals surface area contributed by atoms with Crippen molar-refractivity contribution in [3.63, 3.8) is 0 Å². The first-order valence-corrected chi connectivity index (χ1v) is 11.3. The Morgan fingerprint density at radius 2 is 0.963 bits per heavy atom. The van der Waals surface area contributed by atoms with Gasteiger partial charge in [-0.3, -0.25) is 0 Å². The van der Waals surface area contributed by atoms with Crippen molar-refractivity contribution >= 4 is 0 Å². The predicted molar refractivity (Wildman–Crippen MR) is 109 cm³/mol. The van der Waals surface area contributed by atoms with Crippen molar-refractivity contribution in [3.8, 4) is 0 Å². The molecule has 2 rings (SSSR count). The molecule has 27 heavy (non-hydrogen) atoms. The highest BCUT2D eigenvalue weighted by molar-refractivity contribution is 5.02. The van der Waals surface area contributed by atoms with E-state index in [0.29, 0.717) is 0 Å². The van der Waals surface area contributed by atoms with Gasteiger partial charge in [-0.05, 0) is 73.6 Å². The zero-order valence-corrected chi connectivity index (χ0v) is 19.0. The van der Waals surface area contributed by atoms with Crippen molar-refractivity contribution in [2.24, 2.45) is 5.92 Å². The molecule has 4 heteroatoms. The molecular weight excluding hydrogens is 340 g/mol. The van der Waals surface area contributed by atoms with Crippen molar-refractivity contribution in [2.45, 2.75) is 141 Å². The van der Waals surface area contributed by atoms with E-state index in [9.17, 15) is 0 Å². The molecule has 2 aliphatic carbocycles. The molecule has 0 bridgehead atoms. The van der Waals surface area contributed by atoms with Gasteiger partial charge in [0.2, 0.25) is 0 Å². The minimum atomic E-state index is -0.314. The van der Waals surface area contributed by atoms with E-state index in [2.05, 4.69) is 48.5 Å². The lowest BCUT2D eigenvalue weighted by atomic mass is 9.63. The molecule has 160 valence electrons. The van der Waals surface area contributed by atoms with Crippen LogP contribution >= 0.6 is 0 Å². The van der Waals surface area contributed by atoms with Gasteiger partial charge in [-0.2, -0.15) is 0 Å². The molecule has 0 aromatic carbocycles. The average Bonchev–Trinajstić information content (AvgIpc) is 2.60. The molecule has 0 aromatic rings. The van der Waals surface area contributed by atoms with Gasteiger partial charge in [0.05, 0.1) is 11.2 Å². The summed E-state index contributed by atoms with van der Waals surface area (Å²) >= 11 is 0. The van der Waals surface area contributed by atoms with Gasteiger partial charge in [-0.25, -0.2) is 19.6 Å². The molecule has 4 nitrogen and oxygen atoms in total. The molecule has 0 heterocycles. The second-order valence-electron chi connectivity index (χ2n) is 10.8. The third-order valence-corrected chi connectivity index (χ3v) is 5.99. The quantitative estimate of drug-likeness (QED) is 0.353. The van der Waals surface area contributed by atoms with Crippen LogP contribution in [-0.2, 0) is 19.6 Å². The first-order chi connectivity index (χ1) is 12.5. The smallest absolute Gasteiger partial charge is 0.109 e. The summed E-state index contributed by atoms with van der Waals surface area (Å²) in [6.45, 7) is 14.6. The van der Waals surface area contributed by atoms with Crippen LogP contribution in [0.15, 0.2) is 0 Å². The Labute approximate surface area is 167 Å². The molecule has 0 aliphatic heterocycles. The van der Waals surface area contributed by atoms with Gasteiger partial charge in [0, 0.05) is 5.92 Å². The van der Waals surface area contributed by atoms with Gasteiger partial charge in [-0.15, -0.1) is 0 Å². The van der Waals surface area contributed by atoms with Crippen LogP contribution < -0.4 is 0 Å². The zero-order chi connectivity index (χ0) is 20.2. The predicted octanol–water partition coefficient (Wildman–Crippen LogP) is 6.91. The Morgan fingerprint density at radius 1 is 0.630 bits per heavy atom. The van der Waals surface area contributed by atoms with Gasteiger partial charge < -0.3 is 0 Å². The highest BCUT2D eigenvalue weighted by Gasteiger charge is 2.54. The average molecular weight is 385 g/mol. The van der Waals surface area contributed by atoms with Crippen molar-refractivity contribution in [1.29, 1.82) is 0 Å². The fraction of sp³-hybridized carbons (Fsp3) is 1.00. The lowest BCUT2D eigenvalue weighted by Crippen LogP contribution is -2.57. The molecule has 0 amide bonds. The van der Waals surface area contributed by atoms with Crippen LogP contribution in [0.1, 0.15) is 119 Å². The molecule has 0 saturated heterocycles. The standard InChI is InChI=1S/C23H44O4/c1-8-19(22(15-11-9-12-16-22)26-24-20(2,3)4)23(17-13-10-14-18-23)27-25-21(5,6)7/h19H,8-18H2,1-7H3. The molecule has 2 saturated carbocycles. The minimum Gasteiger partial charge on any atom is -0.230 e. The van der Waals surface area contributed by atoms with E-state index >= 15 is 0 Å². The lowest BCUT2D eigenvalue weighted by Gasteiger charge is -2.52. The first-order valence-electron chi connectivity index (χ1n) is 11.3. The van der Waals surface area contributed by atoms with Gasteiger partial charge in [0.25, 0.3) is 0 Å². The second kappa shape index (κ2) is 9.11. The number of hydrogen-bond acceptors (Lipinski definition) is 4. The summed E-state index contributed by atoms with van der Waals surface area (Å²) in [5.74, 6) is 0.273. The largest absolute Gasteiger partial charge is 0.230 e. The Balaban J connectivity index is 2.31. The summed E-state index contributed by atoms with van der Waals surface area (Å²) in [7, 11) is 0. The molecular formula is C23H44O4. The summed E-state index contributed by atoms with van der Waals surface area (Å²) in [4.78, 5) is 24.6. The normalized spacial score (nSPS) is 23.6. The van der Waals surface area contributed by atoms with Crippen LogP contribution in [0.3, 0.4) is 0 Å². The Morgan fingerprint density at radius 3 is 1.22 bits per heavy atom. The lowest BCUT2D eigenvalue weighted by molar-refractivity contribution is -0.459. The second-order valence-corrected chi connectivity index (χ2v) is 10.8. The first kappa shape index (κ1) is 23.1. The van der Waals surface area contributed by atoms with Crippen molar-refractivity contribution < 1.29 is 19.6 Å². The molecule has 0 unspecified atom stereocenters. The highest BCUT2D eigenvalue weighted by atomic mass is 17.2. The highest BCUT2D eigenvalue weighted by Crippen LogP contribution is 2.51. The van der Waals surface area contributed by atoms with Crippen LogP contribution in [0.25, 0.3) is 0 Å². The molecule has 0 atom stereocenters. The minimum absolute atomic E-state index is 0.273. The topological polar surface area (TPSA) is 36.9 Å². The summed E-state index contributed by atoms with van der Waals surface area (Å²) in [5, 5.41) is 0.